The maximum atomic E-state index is 12.6. The maximum absolute atomic E-state index is 12.6. The number of pyridine rings is 1. The Morgan fingerprint density at radius 3 is 2.59 bits per heavy atom. The molecule has 29 heavy (non-hydrogen) atoms. The maximum Gasteiger partial charge on any atom is 0.411 e. The van der Waals surface area contributed by atoms with Gasteiger partial charge in [-0.3, -0.25) is 4.90 Å². The van der Waals surface area contributed by atoms with Crippen molar-refractivity contribution in [1.29, 1.82) is 0 Å². The number of rotatable bonds is 4. The zero-order chi connectivity index (χ0) is 21.2. The Morgan fingerprint density at radius 2 is 1.93 bits per heavy atom. The van der Waals surface area contributed by atoms with Gasteiger partial charge in [0.05, 0.1) is 20.8 Å². The summed E-state index contributed by atoms with van der Waals surface area (Å²) in [5.74, 6) is 0.666. The fraction of sp³-hybridized carbons (Fsp3) is 0.476. The van der Waals surface area contributed by atoms with Crippen molar-refractivity contribution in [3.63, 3.8) is 0 Å². The Bertz CT molecular complexity index is 908. The summed E-state index contributed by atoms with van der Waals surface area (Å²) in [7, 11) is 2.90. The molecule has 1 aliphatic heterocycles. The van der Waals surface area contributed by atoms with E-state index in [0.717, 1.165) is 16.5 Å². The molecule has 8 heteroatoms. The van der Waals surface area contributed by atoms with E-state index in [2.05, 4.69) is 4.98 Å². The average Bonchev–Trinajstić information content (AvgIpc) is 3.10. The SMILES string of the molecule is COC(=O)C1CC(Oc2nccc3cc(OC)ccc23)CN1C(=O)OC(C)(C)C. The molecule has 0 radical (unpaired) electrons. The van der Waals surface area contributed by atoms with Gasteiger partial charge in [-0.25, -0.2) is 14.6 Å². The Kier molecular flexibility index (Phi) is 5.81. The smallest absolute Gasteiger partial charge is 0.411 e. The number of likely N-dealkylation sites (tertiary alicyclic amines) is 1. The summed E-state index contributed by atoms with van der Waals surface area (Å²) < 4.78 is 21.6. The van der Waals surface area contributed by atoms with Crippen LogP contribution in [0.3, 0.4) is 0 Å². The van der Waals surface area contributed by atoms with E-state index in [9.17, 15) is 9.59 Å². The number of carbonyl (C=O) groups excluding carboxylic acids is 2. The first-order valence-corrected chi connectivity index (χ1v) is 9.38. The molecule has 8 nitrogen and oxygen atoms in total. The van der Waals surface area contributed by atoms with E-state index >= 15 is 0 Å². The van der Waals surface area contributed by atoms with E-state index in [1.165, 1.54) is 12.0 Å². The fourth-order valence-electron chi connectivity index (χ4n) is 3.27. The number of methoxy groups -OCH3 is 2. The van der Waals surface area contributed by atoms with Crippen LogP contribution in [-0.4, -0.2) is 60.5 Å². The molecule has 0 aliphatic carbocycles. The number of ether oxygens (including phenoxy) is 4. The summed E-state index contributed by atoms with van der Waals surface area (Å²) >= 11 is 0. The summed E-state index contributed by atoms with van der Waals surface area (Å²) in [4.78, 5) is 30.5. The molecular weight excluding hydrogens is 376 g/mol. The largest absolute Gasteiger partial charge is 0.497 e. The lowest BCUT2D eigenvalue weighted by Gasteiger charge is -2.27. The molecule has 2 heterocycles. The summed E-state index contributed by atoms with van der Waals surface area (Å²) in [6.07, 6.45) is 0.941. The predicted molar refractivity (Wildman–Crippen MR) is 106 cm³/mol. The van der Waals surface area contributed by atoms with Gasteiger partial charge in [0.15, 0.2) is 0 Å². The van der Waals surface area contributed by atoms with E-state index in [0.29, 0.717) is 12.3 Å². The Labute approximate surface area is 169 Å². The second kappa shape index (κ2) is 8.14. The zero-order valence-electron chi connectivity index (χ0n) is 17.3. The first-order valence-electron chi connectivity index (χ1n) is 9.38. The molecule has 0 saturated carbocycles. The van der Waals surface area contributed by atoms with Gasteiger partial charge in [-0.05, 0) is 50.4 Å². The minimum Gasteiger partial charge on any atom is -0.497 e. The molecule has 3 rings (SSSR count). The number of carbonyl (C=O) groups is 2. The van der Waals surface area contributed by atoms with Crippen LogP contribution in [0.5, 0.6) is 11.6 Å². The normalized spacial score (nSPS) is 19.1. The van der Waals surface area contributed by atoms with Gasteiger partial charge in [0, 0.05) is 18.0 Å². The quantitative estimate of drug-likeness (QED) is 0.726. The van der Waals surface area contributed by atoms with Crippen molar-refractivity contribution in [3.05, 3.63) is 30.5 Å². The predicted octanol–water partition coefficient (Wildman–Crippen LogP) is 3.17. The third kappa shape index (κ3) is 4.70. The van der Waals surface area contributed by atoms with Crippen LogP contribution in [0.25, 0.3) is 10.8 Å². The van der Waals surface area contributed by atoms with Gasteiger partial charge in [0.1, 0.15) is 23.5 Å². The summed E-state index contributed by atoms with van der Waals surface area (Å²) in [5.41, 5.74) is -0.674. The summed E-state index contributed by atoms with van der Waals surface area (Å²) in [6.45, 7) is 5.52. The van der Waals surface area contributed by atoms with E-state index in [4.69, 9.17) is 18.9 Å². The van der Waals surface area contributed by atoms with E-state index < -0.39 is 29.8 Å². The first-order chi connectivity index (χ1) is 13.7. The average molecular weight is 402 g/mol. The number of benzene rings is 1. The Hall–Kier alpha value is -3.03. The molecule has 2 unspecified atom stereocenters. The van der Waals surface area contributed by atoms with Crippen molar-refractivity contribution < 1.29 is 28.5 Å². The monoisotopic (exact) mass is 402 g/mol. The lowest BCUT2D eigenvalue weighted by molar-refractivity contribution is -0.145. The van der Waals surface area contributed by atoms with Gasteiger partial charge < -0.3 is 18.9 Å². The molecule has 2 aromatic rings. The highest BCUT2D eigenvalue weighted by molar-refractivity contribution is 5.88. The highest BCUT2D eigenvalue weighted by Gasteiger charge is 2.43. The number of hydrogen-bond acceptors (Lipinski definition) is 7. The van der Waals surface area contributed by atoms with Crippen LogP contribution >= 0.6 is 0 Å². The third-order valence-electron chi connectivity index (χ3n) is 4.58. The lowest BCUT2D eigenvalue weighted by atomic mass is 10.1. The molecule has 0 spiro atoms. The topological polar surface area (TPSA) is 87.2 Å². The van der Waals surface area contributed by atoms with E-state index in [1.54, 1.807) is 34.1 Å². The molecule has 1 amide bonds. The number of amides is 1. The molecule has 2 atom stereocenters. The van der Waals surface area contributed by atoms with E-state index in [1.807, 2.05) is 24.3 Å². The molecule has 1 saturated heterocycles. The molecule has 1 aromatic heterocycles. The highest BCUT2D eigenvalue weighted by atomic mass is 16.6. The molecular formula is C21H26N2O6. The summed E-state index contributed by atoms with van der Waals surface area (Å²) in [6, 6.07) is 6.69. The standard InChI is InChI=1S/C21H26N2O6/c1-21(2,3)29-20(25)23-12-15(11-17(23)19(24)27-5)28-18-16-7-6-14(26-4)10-13(16)8-9-22-18/h6-10,15,17H,11-12H2,1-5H3. The van der Waals surface area contributed by atoms with Crippen LogP contribution in [0.15, 0.2) is 30.5 Å². The minimum atomic E-state index is -0.769. The second-order valence-electron chi connectivity index (χ2n) is 7.85. The van der Waals surface area contributed by atoms with Crippen LogP contribution in [0.2, 0.25) is 0 Å². The van der Waals surface area contributed by atoms with Crippen molar-refractivity contribution in [3.8, 4) is 11.6 Å². The number of hydrogen-bond donors (Lipinski definition) is 0. The Morgan fingerprint density at radius 1 is 1.17 bits per heavy atom. The molecule has 0 N–H and O–H groups in total. The van der Waals surface area contributed by atoms with Crippen molar-refractivity contribution in [2.75, 3.05) is 20.8 Å². The lowest BCUT2D eigenvalue weighted by Crippen LogP contribution is -2.44. The van der Waals surface area contributed by atoms with Gasteiger partial charge in [0.25, 0.3) is 0 Å². The zero-order valence-corrected chi connectivity index (χ0v) is 17.3. The molecule has 156 valence electrons. The van der Waals surface area contributed by atoms with Crippen molar-refractivity contribution >= 4 is 22.8 Å². The van der Waals surface area contributed by atoms with Gasteiger partial charge in [-0.15, -0.1) is 0 Å². The van der Waals surface area contributed by atoms with Gasteiger partial charge in [-0.1, -0.05) is 0 Å². The first kappa shape index (κ1) is 20.7. The van der Waals surface area contributed by atoms with Crippen LogP contribution in [0.4, 0.5) is 4.79 Å². The van der Waals surface area contributed by atoms with Crippen LogP contribution in [-0.2, 0) is 14.3 Å². The van der Waals surface area contributed by atoms with E-state index in [-0.39, 0.29) is 6.54 Å². The van der Waals surface area contributed by atoms with Crippen molar-refractivity contribution in [2.45, 2.75) is 44.9 Å². The second-order valence-corrected chi connectivity index (χ2v) is 7.85. The van der Waals surface area contributed by atoms with Crippen LogP contribution in [0, 0.1) is 0 Å². The Balaban J connectivity index is 1.82. The number of nitrogens with zero attached hydrogens (tertiary/aromatic N) is 2. The van der Waals surface area contributed by atoms with Gasteiger partial charge >= 0.3 is 12.1 Å². The van der Waals surface area contributed by atoms with Crippen molar-refractivity contribution in [2.24, 2.45) is 0 Å². The number of fused-ring (bicyclic) bond motifs is 1. The summed E-state index contributed by atoms with van der Waals surface area (Å²) in [5, 5.41) is 1.74. The molecule has 1 aromatic carbocycles. The molecule has 1 aliphatic rings. The number of esters is 1. The molecule has 1 fully saturated rings. The van der Waals surface area contributed by atoms with Crippen LogP contribution < -0.4 is 9.47 Å². The molecule has 0 bridgehead atoms. The number of aromatic nitrogens is 1. The minimum absolute atomic E-state index is 0.197. The van der Waals surface area contributed by atoms with Gasteiger partial charge in [0.2, 0.25) is 5.88 Å². The van der Waals surface area contributed by atoms with Crippen molar-refractivity contribution in [1.82, 2.24) is 9.88 Å². The fourth-order valence-corrected chi connectivity index (χ4v) is 3.27. The van der Waals surface area contributed by atoms with Crippen LogP contribution in [0.1, 0.15) is 27.2 Å². The highest BCUT2D eigenvalue weighted by Crippen LogP contribution is 2.30. The third-order valence-corrected chi connectivity index (χ3v) is 4.58. The van der Waals surface area contributed by atoms with Gasteiger partial charge in [-0.2, -0.15) is 0 Å².